The van der Waals surface area contributed by atoms with Gasteiger partial charge < -0.3 is 9.64 Å². The number of piperidine rings is 1. The molecule has 180 valence electrons. The number of hydrogen-bond acceptors (Lipinski definition) is 8. The van der Waals surface area contributed by atoms with E-state index in [-0.39, 0.29) is 29.3 Å². The van der Waals surface area contributed by atoms with Gasteiger partial charge in [0.2, 0.25) is 0 Å². The number of pyridine rings is 1. The Balaban J connectivity index is 1.72. The molecule has 2 aromatic heterocycles. The van der Waals surface area contributed by atoms with E-state index in [1.807, 2.05) is 24.8 Å². The van der Waals surface area contributed by atoms with Crippen molar-refractivity contribution in [1.29, 1.82) is 0 Å². The first-order valence-corrected chi connectivity index (χ1v) is 12.7. The second-order valence-corrected chi connectivity index (χ2v) is 10.5. The topological polar surface area (TPSA) is 84.2 Å². The van der Waals surface area contributed by atoms with Crippen LogP contribution in [0.5, 0.6) is 0 Å². The first kappa shape index (κ1) is 24.4. The molecular formula is C24H28N4O4S2. The van der Waals surface area contributed by atoms with Gasteiger partial charge in [0.05, 0.1) is 23.0 Å². The number of carbonyl (C=O) groups excluding carboxylic acids is 2. The molecule has 0 unspecified atom stereocenters. The molecule has 1 amide bonds. The van der Waals surface area contributed by atoms with Crippen molar-refractivity contribution in [1.82, 2.24) is 14.3 Å². The Kier molecular flexibility index (Phi) is 7.37. The lowest BCUT2D eigenvalue weighted by molar-refractivity contribution is -0.148. The number of rotatable bonds is 6. The summed E-state index contributed by atoms with van der Waals surface area (Å²) in [6.45, 7) is 7.88. The number of nitrogens with zero attached hydrogens (tertiary/aromatic N) is 4. The number of aromatic nitrogens is 2. The Morgan fingerprint density at radius 2 is 2.03 bits per heavy atom. The molecule has 0 radical (unpaired) electrons. The molecule has 0 bridgehead atoms. The van der Waals surface area contributed by atoms with E-state index in [0.717, 1.165) is 0 Å². The van der Waals surface area contributed by atoms with Crippen LogP contribution < -0.4 is 10.5 Å². The molecule has 34 heavy (non-hydrogen) atoms. The maximum Gasteiger partial charge on any atom is 0.309 e. The van der Waals surface area contributed by atoms with Crippen LogP contribution in [0.2, 0.25) is 0 Å². The molecule has 4 rings (SSSR count). The van der Waals surface area contributed by atoms with Crippen molar-refractivity contribution in [2.75, 3.05) is 31.1 Å². The normalized spacial score (nSPS) is 18.5. The number of anilines is 1. The van der Waals surface area contributed by atoms with E-state index in [0.29, 0.717) is 65.3 Å². The average Bonchev–Trinajstić information content (AvgIpc) is 3.08. The lowest BCUT2D eigenvalue weighted by Gasteiger charge is -2.32. The van der Waals surface area contributed by atoms with Gasteiger partial charge in [0.1, 0.15) is 15.8 Å². The summed E-state index contributed by atoms with van der Waals surface area (Å²) in [6.07, 6.45) is 4.53. The summed E-state index contributed by atoms with van der Waals surface area (Å²) >= 11 is 6.64. The molecular weight excluding hydrogens is 472 g/mol. The smallest absolute Gasteiger partial charge is 0.309 e. The molecule has 4 heterocycles. The molecule has 0 aliphatic carbocycles. The van der Waals surface area contributed by atoms with Gasteiger partial charge in [-0.1, -0.05) is 43.9 Å². The molecule has 8 nitrogen and oxygen atoms in total. The van der Waals surface area contributed by atoms with Crippen molar-refractivity contribution in [3.8, 4) is 0 Å². The lowest BCUT2D eigenvalue weighted by Crippen LogP contribution is -2.39. The number of esters is 1. The molecule has 0 saturated carbocycles. The van der Waals surface area contributed by atoms with Crippen molar-refractivity contribution in [2.45, 2.75) is 33.6 Å². The van der Waals surface area contributed by atoms with Crippen LogP contribution in [0.15, 0.2) is 34.1 Å². The standard InChI is InChI=1S/C24H28N4O4S2/c1-4-32-23(31)16-8-11-26(12-9-16)20-17(21(29)27-10-6-5-7-19(27)25-20)13-18-22(30)28(14-15(2)3)24(33)34-18/h5-7,10,13,15-16H,4,8-9,11-12,14H2,1-3H3. The van der Waals surface area contributed by atoms with Crippen molar-refractivity contribution in [3.05, 3.63) is 45.2 Å². The van der Waals surface area contributed by atoms with Crippen LogP contribution in [0, 0.1) is 11.8 Å². The Labute approximate surface area is 208 Å². The Morgan fingerprint density at radius 1 is 1.29 bits per heavy atom. The third-order valence-corrected chi connectivity index (χ3v) is 7.24. The van der Waals surface area contributed by atoms with E-state index in [2.05, 4.69) is 0 Å². The molecule has 0 N–H and O–H groups in total. The van der Waals surface area contributed by atoms with E-state index in [9.17, 15) is 14.4 Å². The zero-order valence-electron chi connectivity index (χ0n) is 19.5. The minimum atomic E-state index is -0.248. The van der Waals surface area contributed by atoms with Crippen LogP contribution in [0.3, 0.4) is 0 Å². The number of amides is 1. The Bertz CT molecular complexity index is 1220. The van der Waals surface area contributed by atoms with Gasteiger partial charge >= 0.3 is 5.97 Å². The molecule has 2 aliphatic heterocycles. The largest absolute Gasteiger partial charge is 0.466 e. The van der Waals surface area contributed by atoms with Gasteiger partial charge in [-0.2, -0.15) is 0 Å². The fraction of sp³-hybridized carbons (Fsp3) is 0.458. The van der Waals surface area contributed by atoms with Crippen molar-refractivity contribution < 1.29 is 14.3 Å². The quantitative estimate of drug-likeness (QED) is 0.339. The van der Waals surface area contributed by atoms with E-state index in [4.69, 9.17) is 21.9 Å². The zero-order chi connectivity index (χ0) is 24.4. The summed E-state index contributed by atoms with van der Waals surface area (Å²) in [5.41, 5.74) is 0.630. The van der Waals surface area contributed by atoms with Gasteiger partial charge in [-0.25, -0.2) is 4.98 Å². The monoisotopic (exact) mass is 500 g/mol. The first-order valence-electron chi connectivity index (χ1n) is 11.5. The Morgan fingerprint density at radius 3 is 2.71 bits per heavy atom. The predicted molar refractivity (Wildman–Crippen MR) is 138 cm³/mol. The number of thioether (sulfide) groups is 1. The minimum absolute atomic E-state index is 0.159. The Hall–Kier alpha value is -2.72. The van der Waals surface area contributed by atoms with Crippen molar-refractivity contribution >= 4 is 57.7 Å². The van der Waals surface area contributed by atoms with Crippen LogP contribution in [-0.2, 0) is 14.3 Å². The van der Waals surface area contributed by atoms with Crippen LogP contribution in [0.4, 0.5) is 5.82 Å². The third kappa shape index (κ3) is 4.88. The van der Waals surface area contributed by atoms with Crippen LogP contribution >= 0.6 is 24.0 Å². The van der Waals surface area contributed by atoms with E-state index in [1.54, 1.807) is 36.2 Å². The van der Waals surface area contributed by atoms with Gasteiger partial charge in [0.15, 0.2) is 0 Å². The van der Waals surface area contributed by atoms with Crippen molar-refractivity contribution in [2.24, 2.45) is 11.8 Å². The van der Waals surface area contributed by atoms with Gasteiger partial charge in [0.25, 0.3) is 11.5 Å². The van der Waals surface area contributed by atoms with E-state index >= 15 is 0 Å². The fourth-order valence-corrected chi connectivity index (χ4v) is 5.46. The summed E-state index contributed by atoms with van der Waals surface area (Å²) < 4.78 is 7.16. The van der Waals surface area contributed by atoms with E-state index in [1.165, 1.54) is 16.2 Å². The van der Waals surface area contributed by atoms with Gasteiger partial charge in [0, 0.05) is 25.8 Å². The number of fused-ring (bicyclic) bond motifs is 1. The zero-order valence-corrected chi connectivity index (χ0v) is 21.2. The van der Waals surface area contributed by atoms with Crippen LogP contribution in [0.1, 0.15) is 39.2 Å². The molecule has 2 aromatic rings. The fourth-order valence-electron chi connectivity index (χ4n) is 4.20. The molecule has 0 spiro atoms. The summed E-state index contributed by atoms with van der Waals surface area (Å²) in [5, 5.41) is 0. The molecule has 2 aliphatic rings. The van der Waals surface area contributed by atoms with E-state index < -0.39 is 0 Å². The second-order valence-electron chi connectivity index (χ2n) is 8.78. The van der Waals surface area contributed by atoms with Gasteiger partial charge in [-0.05, 0) is 43.9 Å². The average molecular weight is 501 g/mol. The maximum atomic E-state index is 13.5. The van der Waals surface area contributed by atoms with Crippen molar-refractivity contribution in [3.63, 3.8) is 0 Å². The summed E-state index contributed by atoms with van der Waals surface area (Å²) in [7, 11) is 0. The second kappa shape index (κ2) is 10.3. The highest BCUT2D eigenvalue weighted by Gasteiger charge is 2.34. The molecule has 2 saturated heterocycles. The highest BCUT2D eigenvalue weighted by atomic mass is 32.2. The highest BCUT2D eigenvalue weighted by Crippen LogP contribution is 2.34. The minimum Gasteiger partial charge on any atom is -0.466 e. The summed E-state index contributed by atoms with van der Waals surface area (Å²) in [6, 6.07) is 5.38. The SMILES string of the molecule is CCOC(=O)C1CCN(c2nc3ccccn3c(=O)c2C=C2SC(=S)N(CC(C)C)C2=O)CC1. The van der Waals surface area contributed by atoms with Crippen LogP contribution in [-0.4, -0.2) is 56.7 Å². The van der Waals surface area contributed by atoms with Crippen LogP contribution in [0.25, 0.3) is 11.7 Å². The first-order chi connectivity index (χ1) is 16.3. The lowest BCUT2D eigenvalue weighted by atomic mass is 9.96. The predicted octanol–water partition coefficient (Wildman–Crippen LogP) is 3.33. The summed E-state index contributed by atoms with van der Waals surface area (Å²) in [4.78, 5) is 47.5. The number of hydrogen-bond donors (Lipinski definition) is 0. The highest BCUT2D eigenvalue weighted by molar-refractivity contribution is 8.26. The molecule has 0 aromatic carbocycles. The maximum absolute atomic E-state index is 13.5. The van der Waals surface area contributed by atoms with Gasteiger partial charge in [-0.15, -0.1) is 0 Å². The third-order valence-electron chi connectivity index (χ3n) is 5.86. The summed E-state index contributed by atoms with van der Waals surface area (Å²) in [5.74, 6) is 0.267. The van der Waals surface area contributed by atoms with Gasteiger partial charge in [-0.3, -0.25) is 23.7 Å². The number of ether oxygens (including phenoxy) is 1. The molecule has 10 heteroatoms. The molecule has 0 atom stereocenters. The molecule has 2 fully saturated rings. The number of thiocarbonyl (C=S) groups is 1. The number of carbonyl (C=O) groups is 2.